The molecule has 0 unspecified atom stereocenters. The first-order chi connectivity index (χ1) is 12.1. The molecule has 1 aliphatic heterocycles. The average Bonchev–Trinajstić information content (AvgIpc) is 3.44. The largest absolute Gasteiger partial charge is 0.494 e. The van der Waals surface area contributed by atoms with Crippen molar-refractivity contribution >= 4 is 17.5 Å². The van der Waals surface area contributed by atoms with Gasteiger partial charge < -0.3 is 15.0 Å². The van der Waals surface area contributed by atoms with Crippen LogP contribution in [0.4, 0.5) is 0 Å². The van der Waals surface area contributed by atoms with E-state index in [-0.39, 0.29) is 5.91 Å². The third kappa shape index (κ3) is 5.89. The molecular formula is C20H29ClN2O2. The lowest BCUT2D eigenvalue weighted by molar-refractivity contribution is -0.132. The summed E-state index contributed by atoms with van der Waals surface area (Å²) in [6.07, 6.45) is 6.26. The van der Waals surface area contributed by atoms with E-state index in [0.29, 0.717) is 19.1 Å². The van der Waals surface area contributed by atoms with Crippen LogP contribution < -0.4 is 10.1 Å². The van der Waals surface area contributed by atoms with Gasteiger partial charge in [-0.1, -0.05) is 11.6 Å². The van der Waals surface area contributed by atoms with Crippen LogP contribution in [0.3, 0.4) is 0 Å². The Morgan fingerprint density at radius 3 is 2.72 bits per heavy atom. The molecule has 0 bridgehead atoms. The van der Waals surface area contributed by atoms with Crippen molar-refractivity contribution < 1.29 is 9.53 Å². The molecule has 1 saturated heterocycles. The molecule has 138 valence electrons. The van der Waals surface area contributed by atoms with Gasteiger partial charge in [-0.3, -0.25) is 4.79 Å². The minimum absolute atomic E-state index is 0.261. The van der Waals surface area contributed by atoms with Crippen LogP contribution in [0.15, 0.2) is 18.2 Å². The molecule has 3 rings (SSSR count). The van der Waals surface area contributed by atoms with Gasteiger partial charge in [-0.05, 0) is 75.3 Å². The summed E-state index contributed by atoms with van der Waals surface area (Å²) in [5, 5.41) is 4.40. The maximum absolute atomic E-state index is 12.3. The second-order valence-electron chi connectivity index (χ2n) is 7.37. The smallest absolute Gasteiger partial charge is 0.222 e. The van der Waals surface area contributed by atoms with Gasteiger partial charge in [0.2, 0.25) is 5.91 Å². The Morgan fingerprint density at radius 1 is 1.28 bits per heavy atom. The third-order valence-corrected chi connectivity index (χ3v) is 5.60. The number of ether oxygens (including phenoxy) is 1. The highest BCUT2D eigenvalue weighted by molar-refractivity contribution is 6.31. The zero-order chi connectivity index (χ0) is 17.6. The van der Waals surface area contributed by atoms with Crippen molar-refractivity contribution in [2.24, 2.45) is 5.92 Å². The molecule has 0 radical (unpaired) electrons. The number of hydrogen-bond acceptors (Lipinski definition) is 3. The van der Waals surface area contributed by atoms with E-state index in [0.717, 1.165) is 54.6 Å². The number of carbonyl (C=O) groups is 1. The van der Waals surface area contributed by atoms with Crippen molar-refractivity contribution in [3.63, 3.8) is 0 Å². The van der Waals surface area contributed by atoms with E-state index in [1.54, 1.807) is 0 Å². The number of aryl methyl sites for hydroxylation is 1. The van der Waals surface area contributed by atoms with Gasteiger partial charge in [0.05, 0.1) is 6.61 Å². The first-order valence-corrected chi connectivity index (χ1v) is 9.89. The molecule has 1 aromatic carbocycles. The van der Waals surface area contributed by atoms with Crippen molar-refractivity contribution in [3.05, 3.63) is 28.8 Å². The number of nitrogens with one attached hydrogen (secondary N) is 1. The summed E-state index contributed by atoms with van der Waals surface area (Å²) in [7, 11) is 0. The van der Waals surface area contributed by atoms with Gasteiger partial charge >= 0.3 is 0 Å². The molecule has 4 nitrogen and oxygen atoms in total. The Morgan fingerprint density at radius 2 is 2.04 bits per heavy atom. The van der Waals surface area contributed by atoms with Gasteiger partial charge in [0.15, 0.2) is 0 Å². The lowest BCUT2D eigenvalue weighted by Gasteiger charge is -2.32. The Bertz CT molecular complexity index is 581. The molecule has 1 heterocycles. The summed E-state index contributed by atoms with van der Waals surface area (Å²) in [5.74, 6) is 2.00. The second kappa shape index (κ2) is 8.91. The van der Waals surface area contributed by atoms with Crippen molar-refractivity contribution in [2.75, 3.05) is 26.2 Å². The molecule has 5 heteroatoms. The molecule has 1 saturated carbocycles. The van der Waals surface area contributed by atoms with Gasteiger partial charge in [0.1, 0.15) is 5.75 Å². The fourth-order valence-electron chi connectivity index (χ4n) is 3.27. The maximum atomic E-state index is 12.3. The molecule has 2 aliphatic rings. The van der Waals surface area contributed by atoms with Crippen LogP contribution in [0.2, 0.25) is 5.02 Å². The van der Waals surface area contributed by atoms with Crippen molar-refractivity contribution in [2.45, 2.75) is 51.5 Å². The average molecular weight is 365 g/mol. The van der Waals surface area contributed by atoms with Gasteiger partial charge in [0, 0.05) is 30.6 Å². The summed E-state index contributed by atoms with van der Waals surface area (Å²) in [4.78, 5) is 14.3. The van der Waals surface area contributed by atoms with Gasteiger partial charge in [0.25, 0.3) is 0 Å². The third-order valence-electron chi connectivity index (χ3n) is 5.17. The number of benzene rings is 1. The number of likely N-dealkylation sites (tertiary alicyclic amines) is 1. The highest BCUT2D eigenvalue weighted by Crippen LogP contribution is 2.28. The number of amides is 1. The molecule has 2 fully saturated rings. The van der Waals surface area contributed by atoms with Crippen molar-refractivity contribution in [1.29, 1.82) is 0 Å². The molecule has 0 aromatic heterocycles. The van der Waals surface area contributed by atoms with Gasteiger partial charge in [-0.2, -0.15) is 0 Å². The molecule has 0 atom stereocenters. The second-order valence-corrected chi connectivity index (χ2v) is 7.78. The van der Waals surface area contributed by atoms with Crippen LogP contribution in [0, 0.1) is 12.8 Å². The lowest BCUT2D eigenvalue weighted by Crippen LogP contribution is -2.45. The number of halogens is 1. The zero-order valence-electron chi connectivity index (χ0n) is 15.1. The summed E-state index contributed by atoms with van der Waals surface area (Å²) >= 11 is 6.01. The van der Waals surface area contributed by atoms with Gasteiger partial charge in [-0.25, -0.2) is 0 Å². The summed E-state index contributed by atoms with van der Waals surface area (Å²) in [6.45, 7) is 5.46. The van der Waals surface area contributed by atoms with E-state index in [2.05, 4.69) is 5.32 Å². The highest BCUT2D eigenvalue weighted by atomic mass is 35.5. The van der Waals surface area contributed by atoms with Crippen LogP contribution in [0.25, 0.3) is 0 Å². The molecule has 1 aliphatic carbocycles. The predicted molar refractivity (Wildman–Crippen MR) is 101 cm³/mol. The highest BCUT2D eigenvalue weighted by Gasteiger charge is 2.25. The molecular weight excluding hydrogens is 336 g/mol. The number of hydrogen-bond donors (Lipinski definition) is 1. The fraction of sp³-hybridized carbons (Fsp3) is 0.650. The Kier molecular flexibility index (Phi) is 6.60. The Labute approximate surface area is 155 Å². The van der Waals surface area contributed by atoms with Crippen molar-refractivity contribution in [3.8, 4) is 5.75 Å². The molecule has 0 spiro atoms. The topological polar surface area (TPSA) is 41.6 Å². The lowest BCUT2D eigenvalue weighted by atomic mass is 10.0. The van der Waals surface area contributed by atoms with E-state index >= 15 is 0 Å². The Balaban J connectivity index is 1.29. The van der Waals surface area contributed by atoms with Crippen LogP contribution >= 0.6 is 11.6 Å². The monoisotopic (exact) mass is 364 g/mol. The van der Waals surface area contributed by atoms with Crippen LogP contribution in [-0.4, -0.2) is 43.1 Å². The summed E-state index contributed by atoms with van der Waals surface area (Å²) < 4.78 is 5.72. The van der Waals surface area contributed by atoms with E-state index in [9.17, 15) is 4.79 Å². The molecule has 1 amide bonds. The van der Waals surface area contributed by atoms with Gasteiger partial charge in [-0.15, -0.1) is 0 Å². The molecule has 25 heavy (non-hydrogen) atoms. The number of nitrogens with zero attached hydrogens (tertiary/aromatic N) is 1. The normalized spacial score (nSPS) is 18.4. The molecule has 1 aromatic rings. The van der Waals surface area contributed by atoms with E-state index in [4.69, 9.17) is 16.3 Å². The van der Waals surface area contributed by atoms with E-state index in [1.165, 1.54) is 19.4 Å². The zero-order valence-corrected chi connectivity index (χ0v) is 15.9. The summed E-state index contributed by atoms with van der Waals surface area (Å²) in [6, 6.07) is 6.25. The Hall–Kier alpha value is -1.26. The predicted octanol–water partition coefficient (Wildman–Crippen LogP) is 3.80. The quantitative estimate of drug-likeness (QED) is 0.713. The fourth-order valence-corrected chi connectivity index (χ4v) is 3.38. The van der Waals surface area contributed by atoms with Crippen LogP contribution in [0.5, 0.6) is 5.75 Å². The number of piperidine rings is 1. The van der Waals surface area contributed by atoms with Crippen LogP contribution in [0.1, 0.15) is 44.1 Å². The van der Waals surface area contributed by atoms with E-state index < -0.39 is 0 Å². The number of rotatable bonds is 8. The maximum Gasteiger partial charge on any atom is 0.222 e. The molecule has 1 N–H and O–H groups in total. The SMILES string of the molecule is Cc1cc(OCCCC(=O)N2CCC(NCC3CC3)CC2)ccc1Cl. The standard InChI is InChI=1S/C20H29ClN2O2/c1-15-13-18(6-7-19(15)21)25-12-2-3-20(24)23-10-8-17(9-11-23)22-14-16-4-5-16/h6-7,13,16-17,22H,2-5,8-12,14H2,1H3. The van der Waals surface area contributed by atoms with E-state index in [1.807, 2.05) is 30.0 Å². The van der Waals surface area contributed by atoms with Crippen molar-refractivity contribution in [1.82, 2.24) is 10.2 Å². The minimum Gasteiger partial charge on any atom is -0.494 e. The first-order valence-electron chi connectivity index (χ1n) is 9.52. The first kappa shape index (κ1) is 18.5. The summed E-state index contributed by atoms with van der Waals surface area (Å²) in [5.41, 5.74) is 1.01. The van der Waals surface area contributed by atoms with Crippen LogP contribution in [-0.2, 0) is 4.79 Å². The number of carbonyl (C=O) groups excluding carboxylic acids is 1. The minimum atomic E-state index is 0.261.